The molecular weight excluding hydrogens is 378 g/mol. The van der Waals surface area contributed by atoms with E-state index in [2.05, 4.69) is 94.5 Å². The number of benzene rings is 3. The molecule has 160 valence electrons. The lowest BCUT2D eigenvalue weighted by Gasteiger charge is -2.35. The maximum absolute atomic E-state index is 2.63. The Hall–Kier alpha value is -2.62. The number of fused-ring (bicyclic) bond motifs is 1. The summed E-state index contributed by atoms with van der Waals surface area (Å²) < 4.78 is 0. The molecular formula is C28H33N3. The first kappa shape index (κ1) is 20.3. The Morgan fingerprint density at radius 1 is 0.710 bits per heavy atom. The van der Waals surface area contributed by atoms with Gasteiger partial charge in [-0.15, -0.1) is 0 Å². The van der Waals surface area contributed by atoms with E-state index in [0.29, 0.717) is 0 Å². The van der Waals surface area contributed by atoms with Gasteiger partial charge in [0.2, 0.25) is 0 Å². The van der Waals surface area contributed by atoms with Crippen LogP contribution in [0.25, 0.3) is 11.1 Å². The molecule has 2 aliphatic rings. The van der Waals surface area contributed by atoms with Crippen molar-refractivity contribution in [2.24, 2.45) is 0 Å². The first-order chi connectivity index (χ1) is 15.3. The molecule has 31 heavy (non-hydrogen) atoms. The lowest BCUT2D eigenvalue weighted by atomic mass is 9.94. The van der Waals surface area contributed by atoms with Crippen molar-refractivity contribution in [2.45, 2.75) is 19.4 Å². The minimum absolute atomic E-state index is 1.07. The van der Waals surface area contributed by atoms with E-state index >= 15 is 0 Å². The third-order valence-electron chi connectivity index (χ3n) is 6.94. The highest BCUT2D eigenvalue weighted by Crippen LogP contribution is 2.27. The second kappa shape index (κ2) is 9.25. The highest BCUT2D eigenvalue weighted by molar-refractivity contribution is 5.65. The van der Waals surface area contributed by atoms with Crippen molar-refractivity contribution in [2.75, 3.05) is 51.2 Å². The zero-order chi connectivity index (χ0) is 21.0. The Morgan fingerprint density at radius 3 is 2.32 bits per heavy atom. The van der Waals surface area contributed by atoms with E-state index in [0.717, 1.165) is 58.7 Å². The average Bonchev–Trinajstić information content (AvgIpc) is 2.83. The highest BCUT2D eigenvalue weighted by atomic mass is 15.2. The normalized spacial score (nSPS) is 17.5. The molecule has 0 saturated carbocycles. The van der Waals surface area contributed by atoms with Gasteiger partial charge < -0.3 is 9.80 Å². The van der Waals surface area contributed by atoms with Gasteiger partial charge in [0, 0.05) is 51.5 Å². The van der Waals surface area contributed by atoms with Crippen molar-refractivity contribution >= 4 is 5.69 Å². The Labute approximate surface area is 186 Å². The number of hydrogen-bond acceptors (Lipinski definition) is 3. The predicted octanol–water partition coefficient (Wildman–Crippen LogP) is 4.71. The molecule has 2 aliphatic heterocycles. The van der Waals surface area contributed by atoms with Gasteiger partial charge in [0.25, 0.3) is 0 Å². The molecule has 5 rings (SSSR count). The monoisotopic (exact) mass is 411 g/mol. The van der Waals surface area contributed by atoms with Crippen molar-refractivity contribution in [3.05, 3.63) is 89.5 Å². The summed E-state index contributed by atoms with van der Waals surface area (Å²) in [5.41, 5.74) is 8.62. The van der Waals surface area contributed by atoms with E-state index in [1.807, 2.05) is 0 Å². The lowest BCUT2D eigenvalue weighted by molar-refractivity contribution is 0.257. The van der Waals surface area contributed by atoms with Gasteiger partial charge in [0.15, 0.2) is 0 Å². The number of rotatable bonds is 5. The fraction of sp³-hybridized carbons (Fsp3) is 0.357. The highest BCUT2D eigenvalue weighted by Gasteiger charge is 2.19. The summed E-state index contributed by atoms with van der Waals surface area (Å²) in [6, 6.07) is 26.8. The molecule has 0 aromatic heterocycles. The van der Waals surface area contributed by atoms with Crippen LogP contribution >= 0.6 is 0 Å². The molecule has 3 nitrogen and oxygen atoms in total. The summed E-state index contributed by atoms with van der Waals surface area (Å²) in [5.74, 6) is 0. The van der Waals surface area contributed by atoms with Crippen molar-refractivity contribution in [1.82, 2.24) is 9.80 Å². The van der Waals surface area contributed by atoms with Crippen LogP contribution in [0.2, 0.25) is 0 Å². The van der Waals surface area contributed by atoms with E-state index in [1.54, 1.807) is 0 Å². The second-order valence-electron chi connectivity index (χ2n) is 9.04. The van der Waals surface area contributed by atoms with Gasteiger partial charge >= 0.3 is 0 Å². The molecule has 3 aromatic rings. The summed E-state index contributed by atoms with van der Waals surface area (Å²) in [4.78, 5) is 7.63. The van der Waals surface area contributed by atoms with E-state index in [9.17, 15) is 0 Å². The second-order valence-corrected chi connectivity index (χ2v) is 9.04. The van der Waals surface area contributed by atoms with Crippen LogP contribution in [-0.2, 0) is 19.4 Å². The van der Waals surface area contributed by atoms with Crippen LogP contribution in [0.4, 0.5) is 5.69 Å². The number of likely N-dealkylation sites (N-methyl/N-ethyl adjacent to an activating group) is 1. The first-order valence-corrected chi connectivity index (χ1v) is 11.7. The fourth-order valence-corrected chi connectivity index (χ4v) is 4.97. The molecule has 2 heterocycles. The van der Waals surface area contributed by atoms with Gasteiger partial charge in [-0.2, -0.15) is 0 Å². The summed E-state index contributed by atoms with van der Waals surface area (Å²) in [6.07, 6.45) is 2.27. The molecule has 0 atom stereocenters. The molecule has 1 fully saturated rings. The number of hydrogen-bond donors (Lipinski definition) is 0. The largest absolute Gasteiger partial charge is 0.369 e. The number of para-hydroxylation sites is 1. The minimum Gasteiger partial charge on any atom is -0.369 e. The maximum Gasteiger partial charge on any atom is 0.0400 e. The Bertz CT molecular complexity index is 1010. The molecule has 3 heteroatoms. The number of piperazine rings is 1. The summed E-state index contributed by atoms with van der Waals surface area (Å²) in [7, 11) is 2.22. The fourth-order valence-electron chi connectivity index (χ4n) is 4.97. The topological polar surface area (TPSA) is 9.72 Å². The minimum atomic E-state index is 1.07. The van der Waals surface area contributed by atoms with E-state index in [1.165, 1.54) is 33.5 Å². The molecule has 0 spiro atoms. The third-order valence-corrected chi connectivity index (χ3v) is 6.94. The summed E-state index contributed by atoms with van der Waals surface area (Å²) >= 11 is 0. The zero-order valence-electron chi connectivity index (χ0n) is 18.6. The SMILES string of the molecule is CN1CCN(c2ccccc2CCN2CCc3cc(-c4ccccc4)ccc3C2)CC1. The molecule has 0 amide bonds. The van der Waals surface area contributed by atoms with E-state index in [-0.39, 0.29) is 0 Å². The van der Waals surface area contributed by atoms with Gasteiger partial charge in [0.1, 0.15) is 0 Å². The molecule has 0 radical (unpaired) electrons. The van der Waals surface area contributed by atoms with Crippen LogP contribution in [0.1, 0.15) is 16.7 Å². The molecule has 0 aliphatic carbocycles. The van der Waals surface area contributed by atoms with Crippen molar-refractivity contribution < 1.29 is 0 Å². The van der Waals surface area contributed by atoms with Crippen LogP contribution in [0.15, 0.2) is 72.8 Å². The lowest BCUT2D eigenvalue weighted by Crippen LogP contribution is -2.44. The first-order valence-electron chi connectivity index (χ1n) is 11.7. The molecule has 0 unspecified atom stereocenters. The van der Waals surface area contributed by atoms with Gasteiger partial charge in [-0.05, 0) is 53.8 Å². The summed E-state index contributed by atoms with van der Waals surface area (Å²) in [6.45, 7) is 7.93. The smallest absolute Gasteiger partial charge is 0.0400 e. The quantitative estimate of drug-likeness (QED) is 0.602. The van der Waals surface area contributed by atoms with Crippen molar-refractivity contribution in [1.29, 1.82) is 0 Å². The third kappa shape index (κ3) is 4.68. The maximum atomic E-state index is 2.63. The van der Waals surface area contributed by atoms with Crippen LogP contribution in [-0.4, -0.2) is 56.1 Å². The molecule has 1 saturated heterocycles. The summed E-state index contributed by atoms with van der Waals surface area (Å²) in [5, 5.41) is 0. The van der Waals surface area contributed by atoms with Crippen LogP contribution in [0, 0.1) is 0 Å². The van der Waals surface area contributed by atoms with Crippen molar-refractivity contribution in [3.8, 4) is 11.1 Å². The zero-order valence-corrected chi connectivity index (χ0v) is 18.6. The Morgan fingerprint density at radius 2 is 1.48 bits per heavy atom. The average molecular weight is 412 g/mol. The van der Waals surface area contributed by atoms with Gasteiger partial charge in [-0.25, -0.2) is 0 Å². The van der Waals surface area contributed by atoms with Gasteiger partial charge in [0.05, 0.1) is 0 Å². The predicted molar refractivity (Wildman–Crippen MR) is 131 cm³/mol. The van der Waals surface area contributed by atoms with Gasteiger partial charge in [-0.3, -0.25) is 4.90 Å². The van der Waals surface area contributed by atoms with Crippen LogP contribution in [0.5, 0.6) is 0 Å². The number of nitrogens with zero attached hydrogens (tertiary/aromatic N) is 3. The molecule has 0 N–H and O–H groups in total. The van der Waals surface area contributed by atoms with Crippen LogP contribution in [0.3, 0.4) is 0 Å². The molecule has 0 bridgehead atoms. The van der Waals surface area contributed by atoms with Crippen LogP contribution < -0.4 is 4.90 Å². The Kier molecular flexibility index (Phi) is 6.06. The van der Waals surface area contributed by atoms with E-state index in [4.69, 9.17) is 0 Å². The Balaban J connectivity index is 1.23. The van der Waals surface area contributed by atoms with E-state index < -0.39 is 0 Å². The van der Waals surface area contributed by atoms with Crippen molar-refractivity contribution in [3.63, 3.8) is 0 Å². The standard InChI is InChI=1S/C28H33N3/c1-29-17-19-31(20-18-29)28-10-6-5-9-24(28)13-15-30-16-14-26-21-25(11-12-27(26)22-30)23-7-3-2-4-8-23/h2-12,21H,13-20,22H2,1H3. The number of anilines is 1. The van der Waals surface area contributed by atoms with Gasteiger partial charge in [-0.1, -0.05) is 66.7 Å². The molecule has 3 aromatic carbocycles.